The summed E-state index contributed by atoms with van der Waals surface area (Å²) in [6.07, 6.45) is 88.6. The van der Waals surface area contributed by atoms with E-state index < -0.39 is 6.10 Å². The van der Waals surface area contributed by atoms with E-state index in [1.807, 2.05) is 0 Å². The first-order chi connectivity index (χ1) is 38.5. The van der Waals surface area contributed by atoms with E-state index in [2.05, 4.69) is 118 Å². The van der Waals surface area contributed by atoms with Gasteiger partial charge in [0, 0.05) is 19.3 Å². The maximum absolute atomic E-state index is 12.9. The zero-order valence-electron chi connectivity index (χ0n) is 51.4. The fourth-order valence-corrected chi connectivity index (χ4v) is 9.43. The van der Waals surface area contributed by atoms with Crippen molar-refractivity contribution in [1.82, 2.24) is 0 Å². The molecular weight excluding hydrogens is 961 g/mol. The van der Waals surface area contributed by atoms with Gasteiger partial charge < -0.3 is 14.2 Å². The smallest absolute Gasteiger partial charge is 0.306 e. The Bertz CT molecular complexity index is 1530. The van der Waals surface area contributed by atoms with Crippen LogP contribution in [-0.2, 0) is 28.6 Å². The fraction of sp³-hybridized carbons (Fsp3) is 0.736. The second kappa shape index (κ2) is 65.8. The van der Waals surface area contributed by atoms with Crippen molar-refractivity contribution in [2.24, 2.45) is 0 Å². The molecule has 1 atom stereocenters. The lowest BCUT2D eigenvalue weighted by molar-refractivity contribution is -0.167. The molecule has 0 saturated heterocycles. The van der Waals surface area contributed by atoms with Crippen molar-refractivity contribution in [1.29, 1.82) is 0 Å². The molecule has 0 aromatic heterocycles. The SMILES string of the molecule is CC/C=C\C/C=C\C/C=C\C/C=C\C/C=C\CCCCCCCCCCCCCCCCCCCC(=O)OCC(COC(=O)CCCCCCCCCCCCCC)OC(=O)CCCCCCC/C=C\C/C=C\C/C=C\CC. The highest BCUT2D eigenvalue weighted by atomic mass is 16.6. The number of hydrogen-bond donors (Lipinski definition) is 0. The lowest BCUT2D eigenvalue weighted by atomic mass is 10.0. The standard InChI is InChI=1S/C72H124O6/c1-4-7-10-13-16-19-22-25-27-28-29-30-31-32-33-34-35-36-37-38-39-40-41-42-43-44-46-47-50-53-56-59-62-65-71(74)77-68-69(67-76-70(73)64-61-58-55-52-49-24-21-18-15-12-9-6-3)78-72(75)66-63-60-57-54-51-48-45-26-23-20-17-14-11-8-5-2/h7-8,10-11,16-17,19-20,25-27,29-30,32-33,45,69H,4-6,9,12-15,18,21-24,28,31,34-44,46-68H2,1-3H3/b10-7-,11-8-,19-16-,20-17-,27-25-,30-29-,33-32-,45-26-. The highest BCUT2D eigenvalue weighted by Gasteiger charge is 2.19. The molecule has 0 rings (SSSR count). The first-order valence-electron chi connectivity index (χ1n) is 33.2. The van der Waals surface area contributed by atoms with Gasteiger partial charge in [0.25, 0.3) is 0 Å². The van der Waals surface area contributed by atoms with Crippen molar-refractivity contribution in [3.05, 3.63) is 97.2 Å². The average Bonchev–Trinajstić information content (AvgIpc) is 3.44. The van der Waals surface area contributed by atoms with E-state index >= 15 is 0 Å². The molecule has 0 aromatic carbocycles. The summed E-state index contributed by atoms with van der Waals surface area (Å²) < 4.78 is 16.9. The third-order valence-electron chi connectivity index (χ3n) is 14.3. The monoisotopic (exact) mass is 1080 g/mol. The van der Waals surface area contributed by atoms with E-state index in [4.69, 9.17) is 14.2 Å². The predicted molar refractivity (Wildman–Crippen MR) is 339 cm³/mol. The van der Waals surface area contributed by atoms with Crippen LogP contribution in [0.25, 0.3) is 0 Å². The summed E-state index contributed by atoms with van der Waals surface area (Å²) in [5.74, 6) is -0.884. The number of allylic oxidation sites excluding steroid dienone is 16. The van der Waals surface area contributed by atoms with Crippen LogP contribution in [0.5, 0.6) is 0 Å². The zero-order valence-corrected chi connectivity index (χ0v) is 51.4. The summed E-state index contributed by atoms with van der Waals surface area (Å²) >= 11 is 0. The number of rotatable bonds is 60. The van der Waals surface area contributed by atoms with Crippen molar-refractivity contribution in [3.8, 4) is 0 Å². The summed E-state index contributed by atoms with van der Waals surface area (Å²) in [7, 11) is 0. The van der Waals surface area contributed by atoms with Crippen molar-refractivity contribution in [2.45, 2.75) is 329 Å². The summed E-state index contributed by atoms with van der Waals surface area (Å²) in [5, 5.41) is 0. The average molecular weight is 1090 g/mol. The lowest BCUT2D eigenvalue weighted by Crippen LogP contribution is -2.30. The molecular formula is C72H124O6. The minimum Gasteiger partial charge on any atom is -0.462 e. The summed E-state index contributed by atoms with van der Waals surface area (Å²) in [5.41, 5.74) is 0. The Kier molecular flexibility index (Phi) is 62.7. The van der Waals surface area contributed by atoms with Gasteiger partial charge in [-0.3, -0.25) is 14.4 Å². The Balaban J connectivity index is 4.14. The second-order valence-corrected chi connectivity index (χ2v) is 22.0. The number of ether oxygens (including phenoxy) is 3. The number of hydrogen-bond acceptors (Lipinski definition) is 6. The third-order valence-corrected chi connectivity index (χ3v) is 14.3. The fourth-order valence-electron chi connectivity index (χ4n) is 9.43. The van der Waals surface area contributed by atoms with Crippen LogP contribution in [-0.4, -0.2) is 37.2 Å². The minimum atomic E-state index is -0.784. The Morgan fingerprint density at radius 1 is 0.269 bits per heavy atom. The molecule has 0 N–H and O–H groups in total. The van der Waals surface area contributed by atoms with Crippen molar-refractivity contribution >= 4 is 17.9 Å². The first-order valence-corrected chi connectivity index (χ1v) is 33.2. The Morgan fingerprint density at radius 2 is 0.500 bits per heavy atom. The van der Waals surface area contributed by atoms with E-state index in [1.165, 1.54) is 154 Å². The molecule has 6 nitrogen and oxygen atoms in total. The zero-order chi connectivity index (χ0) is 56.4. The number of carbonyl (C=O) groups is 3. The van der Waals surface area contributed by atoms with Gasteiger partial charge in [0.15, 0.2) is 6.10 Å². The number of esters is 3. The van der Waals surface area contributed by atoms with Crippen LogP contribution in [0.15, 0.2) is 97.2 Å². The lowest BCUT2D eigenvalue weighted by Gasteiger charge is -2.18. The molecule has 0 fully saturated rings. The molecule has 0 aliphatic rings. The highest BCUT2D eigenvalue weighted by Crippen LogP contribution is 2.17. The topological polar surface area (TPSA) is 78.9 Å². The molecule has 0 aliphatic heterocycles. The van der Waals surface area contributed by atoms with Gasteiger partial charge in [0.05, 0.1) is 0 Å². The third kappa shape index (κ3) is 63.2. The van der Waals surface area contributed by atoms with E-state index in [-0.39, 0.29) is 31.1 Å². The van der Waals surface area contributed by atoms with E-state index in [1.54, 1.807) is 0 Å². The highest BCUT2D eigenvalue weighted by molar-refractivity contribution is 5.71. The van der Waals surface area contributed by atoms with Crippen molar-refractivity contribution in [3.63, 3.8) is 0 Å². The van der Waals surface area contributed by atoms with Gasteiger partial charge in [-0.25, -0.2) is 0 Å². The number of unbranched alkanes of at least 4 members (excludes halogenated alkanes) is 33. The molecule has 0 spiro atoms. The van der Waals surface area contributed by atoms with Gasteiger partial charge in [0.1, 0.15) is 13.2 Å². The van der Waals surface area contributed by atoms with Crippen LogP contribution in [0.4, 0.5) is 0 Å². The Morgan fingerprint density at radius 3 is 0.782 bits per heavy atom. The number of carbonyl (C=O) groups excluding carboxylic acids is 3. The molecule has 0 aromatic rings. The summed E-state index contributed by atoms with van der Waals surface area (Å²) in [6, 6.07) is 0. The normalized spacial score (nSPS) is 12.7. The van der Waals surface area contributed by atoms with E-state index in [0.29, 0.717) is 19.3 Å². The summed E-state index contributed by atoms with van der Waals surface area (Å²) in [6.45, 7) is 6.43. The maximum atomic E-state index is 12.9. The van der Waals surface area contributed by atoms with Crippen LogP contribution in [0, 0.1) is 0 Å². The van der Waals surface area contributed by atoms with Crippen LogP contribution in [0.1, 0.15) is 323 Å². The predicted octanol–water partition coefficient (Wildman–Crippen LogP) is 22.8. The van der Waals surface area contributed by atoms with Crippen LogP contribution in [0.2, 0.25) is 0 Å². The Hall–Kier alpha value is -3.67. The Labute approximate surface area is 483 Å². The van der Waals surface area contributed by atoms with Gasteiger partial charge >= 0.3 is 17.9 Å². The van der Waals surface area contributed by atoms with Crippen molar-refractivity contribution < 1.29 is 28.6 Å². The molecule has 0 amide bonds. The van der Waals surface area contributed by atoms with E-state index in [9.17, 15) is 14.4 Å². The van der Waals surface area contributed by atoms with Gasteiger partial charge in [-0.2, -0.15) is 0 Å². The maximum Gasteiger partial charge on any atom is 0.306 e. The van der Waals surface area contributed by atoms with E-state index in [0.717, 1.165) is 128 Å². The quantitative estimate of drug-likeness (QED) is 0.0261. The van der Waals surface area contributed by atoms with Crippen molar-refractivity contribution in [2.75, 3.05) is 13.2 Å². The molecule has 0 saturated carbocycles. The van der Waals surface area contributed by atoms with Gasteiger partial charge in [-0.05, 0) is 96.3 Å². The van der Waals surface area contributed by atoms with Crippen LogP contribution < -0.4 is 0 Å². The largest absolute Gasteiger partial charge is 0.462 e. The molecule has 0 aliphatic carbocycles. The molecule has 448 valence electrons. The molecule has 0 radical (unpaired) electrons. The van der Waals surface area contributed by atoms with Gasteiger partial charge in [-0.1, -0.05) is 304 Å². The second-order valence-electron chi connectivity index (χ2n) is 22.0. The first kappa shape index (κ1) is 74.3. The molecule has 6 heteroatoms. The van der Waals surface area contributed by atoms with Gasteiger partial charge in [0.2, 0.25) is 0 Å². The van der Waals surface area contributed by atoms with Gasteiger partial charge in [-0.15, -0.1) is 0 Å². The van der Waals surface area contributed by atoms with Crippen LogP contribution in [0.3, 0.4) is 0 Å². The molecule has 0 heterocycles. The molecule has 1 unspecified atom stereocenters. The molecule has 0 bridgehead atoms. The molecule has 78 heavy (non-hydrogen) atoms. The van der Waals surface area contributed by atoms with Crippen LogP contribution >= 0.6 is 0 Å². The summed E-state index contributed by atoms with van der Waals surface area (Å²) in [4.78, 5) is 38.3. The minimum absolute atomic E-state index is 0.0797.